The number of sulfonamides is 1. The number of thiophene rings is 2. The Balaban J connectivity index is 1.60. The predicted octanol–water partition coefficient (Wildman–Crippen LogP) is 3.37. The standard InChI is InChI=1S/C20H19N3O4S3/c21-18(24)14-12-16(13-6-2-1-3-7-13)29-20(14)22-19(25)15-8-4-10-23(15)30(26,27)17-9-5-11-28-17/h1-3,5-7,9,11-12,15H,4,8,10H2,(H2,21,24)(H,22,25). The monoisotopic (exact) mass is 461 g/mol. The van der Waals surface area contributed by atoms with Gasteiger partial charge in [-0.25, -0.2) is 8.42 Å². The molecule has 1 aliphatic rings. The Labute approximate surface area is 182 Å². The number of nitrogens with one attached hydrogen (secondary N) is 1. The van der Waals surface area contributed by atoms with E-state index >= 15 is 0 Å². The number of rotatable bonds is 6. The van der Waals surface area contributed by atoms with Crippen molar-refractivity contribution in [3.63, 3.8) is 0 Å². The van der Waals surface area contributed by atoms with Gasteiger partial charge < -0.3 is 11.1 Å². The van der Waals surface area contributed by atoms with Crippen molar-refractivity contribution in [2.24, 2.45) is 5.73 Å². The third kappa shape index (κ3) is 3.91. The van der Waals surface area contributed by atoms with E-state index in [1.807, 2.05) is 30.3 Å². The first-order valence-corrected chi connectivity index (χ1v) is 12.4. The van der Waals surface area contributed by atoms with Gasteiger partial charge in [-0.2, -0.15) is 4.31 Å². The number of carbonyl (C=O) groups is 2. The minimum absolute atomic E-state index is 0.206. The summed E-state index contributed by atoms with van der Waals surface area (Å²) in [4.78, 5) is 25.7. The molecule has 0 saturated carbocycles. The van der Waals surface area contributed by atoms with Crippen LogP contribution in [0.1, 0.15) is 23.2 Å². The van der Waals surface area contributed by atoms with Gasteiger partial charge in [-0.05, 0) is 35.9 Å². The largest absolute Gasteiger partial charge is 0.366 e. The van der Waals surface area contributed by atoms with Crippen molar-refractivity contribution in [1.29, 1.82) is 0 Å². The molecule has 1 saturated heterocycles. The first kappa shape index (κ1) is 20.7. The summed E-state index contributed by atoms with van der Waals surface area (Å²) in [5, 5.41) is 4.76. The summed E-state index contributed by atoms with van der Waals surface area (Å²) in [7, 11) is -3.74. The summed E-state index contributed by atoms with van der Waals surface area (Å²) in [6.07, 6.45) is 1.00. The molecule has 156 valence electrons. The average Bonchev–Trinajstić information content (AvgIpc) is 3.48. The molecule has 0 bridgehead atoms. The Morgan fingerprint density at radius 2 is 1.90 bits per heavy atom. The lowest BCUT2D eigenvalue weighted by molar-refractivity contribution is -0.119. The van der Waals surface area contributed by atoms with Crippen molar-refractivity contribution in [3.8, 4) is 10.4 Å². The van der Waals surface area contributed by atoms with Gasteiger partial charge in [0.2, 0.25) is 5.91 Å². The van der Waals surface area contributed by atoms with Gasteiger partial charge in [0.1, 0.15) is 15.3 Å². The van der Waals surface area contributed by atoms with Gasteiger partial charge in [0.15, 0.2) is 0 Å². The zero-order chi connectivity index (χ0) is 21.3. The minimum atomic E-state index is -3.74. The highest BCUT2D eigenvalue weighted by molar-refractivity contribution is 7.91. The predicted molar refractivity (Wildman–Crippen MR) is 118 cm³/mol. The molecule has 0 aliphatic carbocycles. The van der Waals surface area contributed by atoms with Crippen molar-refractivity contribution in [2.75, 3.05) is 11.9 Å². The van der Waals surface area contributed by atoms with Crippen LogP contribution in [0.5, 0.6) is 0 Å². The third-order valence-electron chi connectivity index (χ3n) is 4.86. The number of nitrogens with zero attached hydrogens (tertiary/aromatic N) is 1. The lowest BCUT2D eigenvalue weighted by Crippen LogP contribution is -2.42. The van der Waals surface area contributed by atoms with Crippen LogP contribution in [0.4, 0.5) is 5.00 Å². The van der Waals surface area contributed by atoms with Crippen molar-refractivity contribution in [1.82, 2.24) is 4.31 Å². The van der Waals surface area contributed by atoms with E-state index in [4.69, 9.17) is 5.73 Å². The van der Waals surface area contributed by atoms with Gasteiger partial charge in [-0.15, -0.1) is 22.7 Å². The molecule has 1 atom stereocenters. The zero-order valence-corrected chi connectivity index (χ0v) is 18.2. The fourth-order valence-corrected chi connectivity index (χ4v) is 7.27. The molecule has 0 radical (unpaired) electrons. The quantitative estimate of drug-likeness (QED) is 0.586. The van der Waals surface area contributed by atoms with Crippen LogP contribution in [0.3, 0.4) is 0 Å². The normalized spacial score (nSPS) is 17.1. The Morgan fingerprint density at radius 1 is 1.13 bits per heavy atom. The second kappa shape index (κ2) is 8.31. The van der Waals surface area contributed by atoms with Crippen molar-refractivity contribution in [2.45, 2.75) is 23.1 Å². The molecule has 2 aromatic heterocycles. The molecular weight excluding hydrogens is 442 g/mol. The van der Waals surface area contributed by atoms with Crippen LogP contribution in [-0.4, -0.2) is 37.1 Å². The van der Waals surface area contributed by atoms with Gasteiger partial charge in [0.05, 0.1) is 5.56 Å². The molecule has 10 heteroatoms. The maximum atomic E-state index is 13.0. The minimum Gasteiger partial charge on any atom is -0.366 e. The van der Waals surface area contributed by atoms with E-state index < -0.39 is 27.9 Å². The summed E-state index contributed by atoms with van der Waals surface area (Å²) in [6.45, 7) is 0.278. The highest BCUT2D eigenvalue weighted by atomic mass is 32.2. The van der Waals surface area contributed by atoms with Crippen molar-refractivity contribution >= 4 is 49.5 Å². The van der Waals surface area contributed by atoms with E-state index in [0.717, 1.165) is 21.8 Å². The van der Waals surface area contributed by atoms with Gasteiger partial charge in [0.25, 0.3) is 15.9 Å². The maximum absolute atomic E-state index is 13.0. The first-order chi connectivity index (χ1) is 14.4. The van der Waals surface area contributed by atoms with Crippen LogP contribution in [0, 0.1) is 0 Å². The number of benzene rings is 1. The van der Waals surface area contributed by atoms with Crippen LogP contribution in [-0.2, 0) is 14.8 Å². The molecule has 3 aromatic rings. The lowest BCUT2D eigenvalue weighted by atomic mass is 10.1. The SMILES string of the molecule is NC(=O)c1cc(-c2ccccc2)sc1NC(=O)C1CCCN1S(=O)(=O)c1cccs1. The Morgan fingerprint density at radius 3 is 2.57 bits per heavy atom. The van der Waals surface area contributed by atoms with E-state index in [9.17, 15) is 18.0 Å². The first-order valence-electron chi connectivity index (χ1n) is 9.23. The zero-order valence-electron chi connectivity index (χ0n) is 15.8. The summed E-state index contributed by atoms with van der Waals surface area (Å²) in [6, 6.07) is 13.4. The molecule has 7 nitrogen and oxygen atoms in total. The summed E-state index contributed by atoms with van der Waals surface area (Å²) in [5.74, 6) is -1.12. The number of primary amides is 1. The number of nitrogens with two attached hydrogens (primary N) is 1. The molecular formula is C20H19N3O4S3. The molecule has 1 aliphatic heterocycles. The molecule has 1 fully saturated rings. The van der Waals surface area contributed by atoms with Gasteiger partial charge >= 0.3 is 0 Å². The lowest BCUT2D eigenvalue weighted by Gasteiger charge is -2.22. The van der Waals surface area contributed by atoms with Gasteiger partial charge in [0, 0.05) is 11.4 Å². The highest BCUT2D eigenvalue weighted by Crippen LogP contribution is 2.36. The molecule has 4 rings (SSSR count). The smallest absolute Gasteiger partial charge is 0.253 e. The summed E-state index contributed by atoms with van der Waals surface area (Å²) < 4.78 is 27.3. The van der Waals surface area contributed by atoms with Crippen LogP contribution < -0.4 is 11.1 Å². The van der Waals surface area contributed by atoms with E-state index in [1.165, 1.54) is 21.7 Å². The van der Waals surface area contributed by atoms with Crippen LogP contribution in [0.2, 0.25) is 0 Å². The molecule has 3 N–H and O–H groups in total. The Kier molecular flexibility index (Phi) is 5.74. The Hall–Kier alpha value is -2.53. The average molecular weight is 462 g/mol. The molecule has 1 unspecified atom stereocenters. The summed E-state index contributed by atoms with van der Waals surface area (Å²) in [5.41, 5.74) is 6.61. The molecule has 1 aromatic carbocycles. The van der Waals surface area contributed by atoms with Crippen LogP contribution >= 0.6 is 22.7 Å². The number of hydrogen-bond acceptors (Lipinski definition) is 6. The molecule has 30 heavy (non-hydrogen) atoms. The molecule has 0 spiro atoms. The fourth-order valence-electron chi connectivity index (χ4n) is 3.42. The van der Waals surface area contributed by atoms with Gasteiger partial charge in [-0.1, -0.05) is 36.4 Å². The van der Waals surface area contributed by atoms with Crippen molar-refractivity contribution < 1.29 is 18.0 Å². The third-order valence-corrected chi connectivity index (χ3v) is 9.24. The van der Waals surface area contributed by atoms with E-state index in [1.54, 1.807) is 17.5 Å². The van der Waals surface area contributed by atoms with E-state index in [2.05, 4.69) is 5.32 Å². The highest BCUT2D eigenvalue weighted by Gasteiger charge is 2.40. The number of carbonyl (C=O) groups excluding carboxylic acids is 2. The fraction of sp³-hybridized carbons (Fsp3) is 0.200. The summed E-state index contributed by atoms with van der Waals surface area (Å²) >= 11 is 2.36. The van der Waals surface area contributed by atoms with E-state index in [-0.39, 0.29) is 16.3 Å². The molecule has 3 heterocycles. The van der Waals surface area contributed by atoms with Crippen LogP contribution in [0.25, 0.3) is 10.4 Å². The maximum Gasteiger partial charge on any atom is 0.253 e. The number of amides is 2. The second-order valence-corrected chi connectivity index (χ2v) is 10.9. The topological polar surface area (TPSA) is 110 Å². The second-order valence-electron chi connectivity index (χ2n) is 6.78. The number of hydrogen-bond donors (Lipinski definition) is 2. The molecule has 2 amide bonds. The van der Waals surface area contributed by atoms with E-state index in [0.29, 0.717) is 17.8 Å². The Bertz CT molecular complexity index is 1170. The number of anilines is 1. The van der Waals surface area contributed by atoms with Gasteiger partial charge in [-0.3, -0.25) is 9.59 Å². The van der Waals surface area contributed by atoms with Crippen LogP contribution in [0.15, 0.2) is 58.1 Å². The van der Waals surface area contributed by atoms with Crippen molar-refractivity contribution in [3.05, 3.63) is 59.5 Å².